The third-order valence-electron chi connectivity index (χ3n) is 5.73. The fraction of sp³-hybridized carbons (Fsp3) is 0.560. The van der Waals surface area contributed by atoms with Crippen LogP contribution in [0.25, 0.3) is 0 Å². The molecule has 3 unspecified atom stereocenters. The molecule has 3 heteroatoms. The number of hydrogen-bond acceptors (Lipinski definition) is 2. The summed E-state index contributed by atoms with van der Waals surface area (Å²) in [5.74, 6) is 2.38. The van der Waals surface area contributed by atoms with Crippen molar-refractivity contribution in [2.75, 3.05) is 5.75 Å². The normalized spacial score (nSPS) is 23.0. The second kappa shape index (κ2) is 10.5. The third kappa shape index (κ3) is 6.95. The van der Waals surface area contributed by atoms with Gasteiger partial charge in [0.1, 0.15) is 5.67 Å². The summed E-state index contributed by atoms with van der Waals surface area (Å²) in [5.41, 5.74) is 8.17. The highest BCUT2D eigenvalue weighted by molar-refractivity contribution is 7.83. The van der Waals surface area contributed by atoms with Crippen LogP contribution in [0.1, 0.15) is 64.5 Å². The summed E-state index contributed by atoms with van der Waals surface area (Å²) in [6.07, 6.45) is 12.7. The second-order valence-corrected chi connectivity index (χ2v) is 10.1. The predicted octanol–water partition coefficient (Wildman–Crippen LogP) is 6.46. The molecule has 0 radical (unpaired) electrons. The highest BCUT2D eigenvalue weighted by Gasteiger charge is 2.20. The van der Waals surface area contributed by atoms with E-state index in [4.69, 9.17) is 10.8 Å². The molecule has 2 N–H and O–H groups in total. The molecule has 1 aromatic rings. The van der Waals surface area contributed by atoms with Gasteiger partial charge in [-0.15, -0.1) is 5.75 Å². The van der Waals surface area contributed by atoms with E-state index in [0.29, 0.717) is 17.8 Å². The zero-order valence-electron chi connectivity index (χ0n) is 18.0. The zero-order valence-corrected chi connectivity index (χ0v) is 18.8. The summed E-state index contributed by atoms with van der Waals surface area (Å²) in [7, 11) is -0.506. The smallest absolute Gasteiger partial charge is 0.130 e. The van der Waals surface area contributed by atoms with Crippen molar-refractivity contribution in [2.45, 2.75) is 65.5 Å². The number of benzene rings is 1. The van der Waals surface area contributed by atoms with Crippen LogP contribution in [0, 0.1) is 23.4 Å². The van der Waals surface area contributed by atoms with Gasteiger partial charge in [0.2, 0.25) is 0 Å². The quantitative estimate of drug-likeness (QED) is 0.411. The van der Waals surface area contributed by atoms with E-state index in [-0.39, 0.29) is 0 Å². The van der Waals surface area contributed by atoms with Gasteiger partial charge in [-0.25, -0.2) is 4.39 Å². The van der Waals surface area contributed by atoms with Crippen LogP contribution in [0.15, 0.2) is 48.1 Å². The molecule has 0 heterocycles. The van der Waals surface area contributed by atoms with E-state index >= 15 is 0 Å². The SMILES string of the molecule is C#[S-](N)CC(C)C1/C=C\CC(Cc2ccc(C(C)(C)F)cc2)CC=C1CCC. The molecule has 0 fully saturated rings. The van der Waals surface area contributed by atoms with Crippen LogP contribution in [0.4, 0.5) is 4.39 Å². The maximum atomic E-state index is 14.1. The first-order valence-electron chi connectivity index (χ1n) is 10.5. The zero-order chi connectivity index (χ0) is 20.7. The number of rotatable bonds is 7. The van der Waals surface area contributed by atoms with Gasteiger partial charge in [0, 0.05) is 0 Å². The minimum atomic E-state index is -1.28. The van der Waals surface area contributed by atoms with Crippen molar-refractivity contribution >= 4 is 10.5 Å². The number of halogens is 1. The minimum Gasteiger partial charge on any atom is -0.425 e. The Morgan fingerprint density at radius 2 is 1.93 bits per heavy atom. The van der Waals surface area contributed by atoms with Crippen LogP contribution >= 0.6 is 0 Å². The van der Waals surface area contributed by atoms with Crippen molar-refractivity contribution in [3.05, 3.63) is 59.2 Å². The van der Waals surface area contributed by atoms with Crippen molar-refractivity contribution in [1.82, 2.24) is 0 Å². The Morgan fingerprint density at radius 3 is 2.50 bits per heavy atom. The Kier molecular flexibility index (Phi) is 8.61. The van der Waals surface area contributed by atoms with E-state index in [1.54, 1.807) is 13.8 Å². The Balaban J connectivity index is 2.09. The van der Waals surface area contributed by atoms with E-state index in [1.807, 2.05) is 12.1 Å². The van der Waals surface area contributed by atoms with E-state index in [2.05, 4.69) is 44.2 Å². The maximum absolute atomic E-state index is 14.1. The maximum Gasteiger partial charge on any atom is 0.130 e. The largest absolute Gasteiger partial charge is 0.425 e. The van der Waals surface area contributed by atoms with Crippen LogP contribution in [0.2, 0.25) is 0 Å². The van der Waals surface area contributed by atoms with Crippen molar-refractivity contribution in [3.63, 3.8) is 0 Å². The van der Waals surface area contributed by atoms with Gasteiger partial charge in [0.05, 0.1) is 0 Å². The highest BCUT2D eigenvalue weighted by Crippen LogP contribution is 2.32. The molecule has 0 saturated heterocycles. The molecule has 1 aliphatic rings. The number of allylic oxidation sites excluding steroid dienone is 4. The van der Waals surface area contributed by atoms with Crippen molar-refractivity contribution in [1.29, 1.82) is 0 Å². The summed E-state index contributed by atoms with van der Waals surface area (Å²) in [5, 5.41) is 5.87. The predicted molar refractivity (Wildman–Crippen MR) is 123 cm³/mol. The van der Waals surface area contributed by atoms with Gasteiger partial charge >= 0.3 is 0 Å². The fourth-order valence-corrected chi connectivity index (χ4v) is 4.96. The molecular formula is C25H37FNS-. The number of alkyl halides is 1. The van der Waals surface area contributed by atoms with E-state index in [0.717, 1.165) is 43.4 Å². The van der Waals surface area contributed by atoms with Crippen LogP contribution < -0.4 is 5.14 Å². The molecule has 0 aromatic heterocycles. The fourth-order valence-electron chi connectivity index (χ4n) is 4.15. The van der Waals surface area contributed by atoms with Crippen LogP contribution in [0.5, 0.6) is 0 Å². The lowest BCUT2D eigenvalue weighted by molar-refractivity contribution is 0.221. The van der Waals surface area contributed by atoms with Crippen LogP contribution in [-0.4, -0.2) is 5.75 Å². The molecule has 1 aliphatic carbocycles. The molecule has 3 atom stereocenters. The van der Waals surface area contributed by atoms with E-state index in [1.165, 1.54) is 11.1 Å². The van der Waals surface area contributed by atoms with E-state index < -0.39 is 16.2 Å². The lowest BCUT2D eigenvalue weighted by Crippen LogP contribution is -2.21. The lowest BCUT2D eigenvalue weighted by Gasteiger charge is -2.30. The Morgan fingerprint density at radius 1 is 1.25 bits per heavy atom. The molecule has 1 nitrogen and oxygen atoms in total. The second-order valence-electron chi connectivity index (χ2n) is 8.81. The molecule has 0 amide bonds. The van der Waals surface area contributed by atoms with Gasteiger partial charge in [-0.3, -0.25) is 0 Å². The monoisotopic (exact) mass is 402 g/mol. The van der Waals surface area contributed by atoms with Crippen molar-refractivity contribution in [2.24, 2.45) is 22.9 Å². The molecular weight excluding hydrogens is 365 g/mol. The molecule has 28 heavy (non-hydrogen) atoms. The first-order valence-corrected chi connectivity index (χ1v) is 12.1. The molecule has 2 rings (SSSR count). The molecule has 0 spiro atoms. The van der Waals surface area contributed by atoms with E-state index in [9.17, 15) is 4.39 Å². The Bertz CT molecular complexity index is 745. The number of hydrogen-bond donors (Lipinski definition) is 1. The minimum absolute atomic E-state index is 0.453. The van der Waals surface area contributed by atoms with Gasteiger partial charge in [0.15, 0.2) is 0 Å². The summed E-state index contributed by atoms with van der Waals surface area (Å²) in [6.45, 7) is 7.73. The first-order chi connectivity index (χ1) is 13.2. The van der Waals surface area contributed by atoms with Crippen LogP contribution in [0.3, 0.4) is 0 Å². The summed E-state index contributed by atoms with van der Waals surface area (Å²) in [6, 6.07) is 8.04. The third-order valence-corrected chi connectivity index (χ3v) is 6.64. The van der Waals surface area contributed by atoms with Gasteiger partial charge in [-0.1, -0.05) is 74.3 Å². The topological polar surface area (TPSA) is 26.0 Å². The molecule has 1 aromatic carbocycles. The Hall–Kier alpha value is -1.28. The standard InChI is InChI=1S/C25H37FNS/c1-6-8-22-14-11-20(9-7-10-24(22)19(2)18-28(5)27)17-21-12-15-23(16-13-21)25(3,4)26/h5,7,10,12-16,19-20,24H,6,8-9,11,17-18,27H2,1-4H3/q-1/b10-7-,22-14?. The van der Waals surface area contributed by atoms with Gasteiger partial charge in [-0.05, 0) is 62.5 Å². The lowest BCUT2D eigenvalue weighted by atomic mass is 9.80. The molecule has 0 saturated carbocycles. The number of nitrogens with two attached hydrogens (primary N) is 1. The highest BCUT2D eigenvalue weighted by atomic mass is 32.2. The van der Waals surface area contributed by atoms with Crippen molar-refractivity contribution < 1.29 is 4.39 Å². The van der Waals surface area contributed by atoms with Gasteiger partial charge in [0.25, 0.3) is 0 Å². The average molecular weight is 403 g/mol. The summed E-state index contributed by atoms with van der Waals surface area (Å²) in [4.78, 5) is 0. The average Bonchev–Trinajstić information content (AvgIpc) is 2.59. The molecule has 0 bridgehead atoms. The Labute approximate surface area is 174 Å². The summed E-state index contributed by atoms with van der Waals surface area (Å²) >= 11 is 0. The summed E-state index contributed by atoms with van der Waals surface area (Å²) < 4.78 is 14.1. The molecule has 0 aliphatic heterocycles. The molecule has 156 valence electrons. The van der Waals surface area contributed by atoms with Gasteiger partial charge in [-0.2, -0.15) is 0 Å². The van der Waals surface area contributed by atoms with Gasteiger partial charge < -0.3 is 21.3 Å². The first kappa shape index (κ1) is 23.0. The van der Waals surface area contributed by atoms with Crippen molar-refractivity contribution in [3.8, 4) is 5.69 Å². The van der Waals surface area contributed by atoms with Crippen LogP contribution in [-0.2, 0) is 22.6 Å².